The van der Waals surface area contributed by atoms with Gasteiger partial charge in [-0.25, -0.2) is 0 Å². The summed E-state index contributed by atoms with van der Waals surface area (Å²) in [5.74, 6) is 0.00853. The van der Waals surface area contributed by atoms with Crippen molar-refractivity contribution >= 4 is 16.9 Å². The summed E-state index contributed by atoms with van der Waals surface area (Å²) in [5, 5.41) is 4.30. The molecule has 0 radical (unpaired) electrons. The van der Waals surface area contributed by atoms with Gasteiger partial charge < -0.3 is 9.73 Å². The van der Waals surface area contributed by atoms with Crippen LogP contribution < -0.4 is 5.32 Å². The Hall–Kier alpha value is -2.59. The number of fused-ring (bicyclic) bond motifs is 3. The molecular weight excluding hydrogens is 336 g/mol. The smallest absolute Gasteiger partial charge is 0.251 e. The van der Waals surface area contributed by atoms with Gasteiger partial charge in [-0.1, -0.05) is 36.4 Å². The second-order valence-electron chi connectivity index (χ2n) is 7.86. The van der Waals surface area contributed by atoms with Gasteiger partial charge in [-0.3, -0.25) is 9.69 Å². The van der Waals surface area contributed by atoms with Gasteiger partial charge in [-0.05, 0) is 49.4 Å². The normalized spacial score (nSPS) is 25.0. The number of nitrogens with zero attached hydrogens (tertiary/aromatic N) is 1. The maximum atomic E-state index is 12.7. The number of furan rings is 1. The standard InChI is InChI=1S/C23H24N2O2/c26-23(18-7-6-17-10-11-27-22(17)12-18)24-19-13-20-8-9-21(14-19)25(20)15-16-4-2-1-3-5-16/h1-7,10-12,19-21H,8-9,13-15H2,(H,24,26)/t19?,20-,21+. The fourth-order valence-corrected chi connectivity index (χ4v) is 4.81. The van der Waals surface area contributed by atoms with Crippen molar-refractivity contribution in [1.29, 1.82) is 0 Å². The number of hydrogen-bond donors (Lipinski definition) is 1. The highest BCUT2D eigenvalue weighted by Crippen LogP contribution is 2.37. The Bertz CT molecular complexity index is 935. The monoisotopic (exact) mass is 360 g/mol. The summed E-state index contributed by atoms with van der Waals surface area (Å²) in [6.45, 7) is 1.02. The van der Waals surface area contributed by atoms with Crippen LogP contribution >= 0.6 is 0 Å². The number of carbonyl (C=O) groups excluding carboxylic acids is 1. The number of hydrogen-bond acceptors (Lipinski definition) is 3. The van der Waals surface area contributed by atoms with Gasteiger partial charge >= 0.3 is 0 Å². The Morgan fingerprint density at radius 1 is 1.04 bits per heavy atom. The molecule has 0 spiro atoms. The minimum Gasteiger partial charge on any atom is -0.464 e. The summed E-state index contributed by atoms with van der Waals surface area (Å²) in [5.41, 5.74) is 2.82. The van der Waals surface area contributed by atoms with Crippen molar-refractivity contribution in [1.82, 2.24) is 10.2 Å². The van der Waals surface area contributed by atoms with E-state index in [1.54, 1.807) is 6.26 Å². The Kier molecular flexibility index (Phi) is 4.21. The average molecular weight is 360 g/mol. The lowest BCUT2D eigenvalue weighted by Gasteiger charge is -2.39. The molecule has 3 aromatic rings. The van der Waals surface area contributed by atoms with Gasteiger partial charge in [0.2, 0.25) is 0 Å². The van der Waals surface area contributed by atoms with Crippen LogP contribution in [-0.2, 0) is 6.54 Å². The van der Waals surface area contributed by atoms with Gasteiger partial charge in [0.05, 0.1) is 6.26 Å². The summed E-state index contributed by atoms with van der Waals surface area (Å²) < 4.78 is 5.43. The fourth-order valence-electron chi connectivity index (χ4n) is 4.81. The quantitative estimate of drug-likeness (QED) is 0.752. The number of piperidine rings is 1. The van der Waals surface area contributed by atoms with E-state index in [-0.39, 0.29) is 11.9 Å². The molecule has 5 rings (SSSR count). The second kappa shape index (κ2) is 6.86. The van der Waals surface area contributed by atoms with Gasteiger partial charge in [-0.2, -0.15) is 0 Å². The maximum absolute atomic E-state index is 12.7. The van der Waals surface area contributed by atoms with E-state index in [4.69, 9.17) is 4.42 Å². The van der Waals surface area contributed by atoms with Crippen molar-refractivity contribution in [3.05, 3.63) is 72.0 Å². The van der Waals surface area contributed by atoms with E-state index in [9.17, 15) is 4.79 Å². The summed E-state index contributed by atoms with van der Waals surface area (Å²) in [7, 11) is 0. The largest absolute Gasteiger partial charge is 0.464 e. The number of rotatable bonds is 4. The molecule has 0 saturated carbocycles. The number of carbonyl (C=O) groups is 1. The van der Waals surface area contributed by atoms with E-state index in [1.807, 2.05) is 24.3 Å². The first-order chi connectivity index (χ1) is 13.3. The van der Waals surface area contributed by atoms with Crippen molar-refractivity contribution in [3.63, 3.8) is 0 Å². The third-order valence-electron chi connectivity index (χ3n) is 6.15. The van der Waals surface area contributed by atoms with Crippen molar-refractivity contribution in [2.75, 3.05) is 0 Å². The molecule has 0 aliphatic carbocycles. The van der Waals surface area contributed by atoms with Crippen LogP contribution in [0.1, 0.15) is 41.6 Å². The van der Waals surface area contributed by atoms with Crippen LogP contribution in [0.2, 0.25) is 0 Å². The fraction of sp³-hybridized carbons (Fsp3) is 0.348. The summed E-state index contributed by atoms with van der Waals surface area (Å²) in [6, 6.07) is 19.7. The second-order valence-corrected chi connectivity index (χ2v) is 7.86. The van der Waals surface area contributed by atoms with Gasteiger partial charge in [0.1, 0.15) is 5.58 Å². The highest BCUT2D eigenvalue weighted by atomic mass is 16.3. The lowest BCUT2D eigenvalue weighted by molar-refractivity contribution is 0.0828. The van der Waals surface area contributed by atoms with Crippen LogP contribution in [0.5, 0.6) is 0 Å². The van der Waals surface area contributed by atoms with Crippen molar-refractivity contribution in [2.45, 2.75) is 50.4 Å². The third-order valence-corrected chi connectivity index (χ3v) is 6.15. The molecule has 2 aliphatic rings. The molecular formula is C23H24N2O2. The molecule has 1 aromatic heterocycles. The Balaban J connectivity index is 1.25. The molecule has 1 N–H and O–H groups in total. The van der Waals surface area contributed by atoms with Crippen LogP contribution in [-0.4, -0.2) is 28.9 Å². The van der Waals surface area contributed by atoms with E-state index in [1.165, 1.54) is 18.4 Å². The number of amides is 1. The van der Waals surface area contributed by atoms with Crippen LogP contribution in [0.4, 0.5) is 0 Å². The van der Waals surface area contributed by atoms with Gasteiger partial charge in [-0.15, -0.1) is 0 Å². The molecule has 3 atom stereocenters. The molecule has 4 heteroatoms. The Labute approximate surface area is 159 Å². The molecule has 4 nitrogen and oxygen atoms in total. The Morgan fingerprint density at radius 3 is 2.59 bits per heavy atom. The molecule has 2 aliphatic heterocycles. The SMILES string of the molecule is O=C(NC1C[C@H]2CC[C@@H](C1)N2Cc1ccccc1)c1ccc2ccoc2c1. The van der Waals surface area contributed by atoms with E-state index in [0.717, 1.165) is 30.4 Å². The molecule has 1 amide bonds. The lowest BCUT2D eigenvalue weighted by Crippen LogP contribution is -2.49. The Morgan fingerprint density at radius 2 is 1.81 bits per heavy atom. The first-order valence-corrected chi connectivity index (χ1v) is 9.84. The minimum absolute atomic E-state index is 0.00853. The van der Waals surface area contributed by atoms with E-state index in [0.29, 0.717) is 17.6 Å². The predicted molar refractivity (Wildman–Crippen MR) is 105 cm³/mol. The molecule has 2 saturated heterocycles. The summed E-state index contributed by atoms with van der Waals surface area (Å²) in [4.78, 5) is 15.4. The summed E-state index contributed by atoms with van der Waals surface area (Å²) >= 11 is 0. The van der Waals surface area contributed by atoms with Crippen LogP contribution in [0, 0.1) is 0 Å². The maximum Gasteiger partial charge on any atom is 0.251 e. The molecule has 3 heterocycles. The van der Waals surface area contributed by atoms with E-state index in [2.05, 4.69) is 40.5 Å². The highest BCUT2D eigenvalue weighted by molar-refractivity contribution is 5.97. The molecule has 2 fully saturated rings. The van der Waals surface area contributed by atoms with Crippen molar-refractivity contribution in [3.8, 4) is 0 Å². The zero-order valence-electron chi connectivity index (χ0n) is 15.3. The van der Waals surface area contributed by atoms with Crippen LogP contribution in [0.25, 0.3) is 11.0 Å². The first-order valence-electron chi connectivity index (χ1n) is 9.84. The van der Waals surface area contributed by atoms with Crippen LogP contribution in [0.15, 0.2) is 65.3 Å². The van der Waals surface area contributed by atoms with Crippen molar-refractivity contribution in [2.24, 2.45) is 0 Å². The zero-order valence-corrected chi connectivity index (χ0v) is 15.3. The summed E-state index contributed by atoms with van der Waals surface area (Å²) in [6.07, 6.45) is 6.22. The molecule has 2 aromatic carbocycles. The van der Waals surface area contributed by atoms with Crippen LogP contribution in [0.3, 0.4) is 0 Å². The molecule has 27 heavy (non-hydrogen) atoms. The predicted octanol–water partition coefficient (Wildman–Crippen LogP) is 4.36. The van der Waals surface area contributed by atoms with E-state index < -0.39 is 0 Å². The lowest BCUT2D eigenvalue weighted by atomic mass is 9.96. The average Bonchev–Trinajstić information content (AvgIpc) is 3.24. The molecule has 1 unspecified atom stereocenters. The first kappa shape index (κ1) is 16.6. The van der Waals surface area contributed by atoms with Gasteiger partial charge in [0.15, 0.2) is 0 Å². The van der Waals surface area contributed by atoms with Gasteiger partial charge in [0, 0.05) is 35.6 Å². The zero-order chi connectivity index (χ0) is 18.2. The topological polar surface area (TPSA) is 45.5 Å². The number of benzene rings is 2. The van der Waals surface area contributed by atoms with Crippen molar-refractivity contribution < 1.29 is 9.21 Å². The van der Waals surface area contributed by atoms with E-state index >= 15 is 0 Å². The number of nitrogens with one attached hydrogen (secondary N) is 1. The third kappa shape index (κ3) is 3.26. The van der Waals surface area contributed by atoms with Gasteiger partial charge in [0.25, 0.3) is 5.91 Å². The minimum atomic E-state index is 0.00853. The highest BCUT2D eigenvalue weighted by Gasteiger charge is 2.40. The molecule has 138 valence electrons. The molecule has 2 bridgehead atoms.